The number of hydrogen-bond acceptors (Lipinski definition) is 17. The highest BCUT2D eigenvalue weighted by Gasteiger charge is 2.51. The maximum Gasteiger partial charge on any atom is 0.386 e. The molecular weight excluding hydrogens is 686 g/mol. The van der Waals surface area contributed by atoms with Gasteiger partial charge >= 0.3 is 13.6 Å². The number of nitrogens with two attached hydrogens (primary N) is 2. The van der Waals surface area contributed by atoms with Crippen molar-refractivity contribution < 1.29 is 41.8 Å². The summed E-state index contributed by atoms with van der Waals surface area (Å²) in [6, 6.07) is 0. The van der Waals surface area contributed by atoms with E-state index in [9.17, 15) is 14.2 Å². The Kier molecular flexibility index (Phi) is 7.83. The van der Waals surface area contributed by atoms with E-state index in [-0.39, 0.29) is 45.7 Å². The number of hydrogen-bond donors (Lipinski definition) is 5. The first-order valence-electron chi connectivity index (χ1n) is 12.8. The molecule has 3 aliphatic heterocycles. The molecule has 5 N–H and O–H groups in total. The fourth-order valence-corrected chi connectivity index (χ4v) is 8.38. The highest BCUT2D eigenvalue weighted by atomic mass is 35.5. The van der Waals surface area contributed by atoms with Crippen LogP contribution in [0.25, 0.3) is 22.3 Å². The highest BCUT2D eigenvalue weighted by Crippen LogP contribution is 2.60. The Bertz CT molecular complexity index is 1850. The molecule has 0 aliphatic carbocycles. The van der Waals surface area contributed by atoms with Crippen molar-refractivity contribution in [3.05, 3.63) is 24.3 Å². The summed E-state index contributed by atoms with van der Waals surface area (Å²) in [5.74, 6) is 0.174. The number of imidazole rings is 2. The molecule has 3 saturated heterocycles. The molecule has 0 saturated carbocycles. The van der Waals surface area contributed by atoms with Gasteiger partial charge in [0.05, 0.1) is 25.9 Å². The molecule has 24 heteroatoms. The summed E-state index contributed by atoms with van der Waals surface area (Å²) >= 11 is 14.3. The summed E-state index contributed by atoms with van der Waals surface area (Å²) < 4.78 is 64.7. The van der Waals surface area contributed by atoms with E-state index < -0.39 is 69.8 Å². The second-order valence-corrected chi connectivity index (χ2v) is 16.0. The van der Waals surface area contributed by atoms with Gasteiger partial charge in [-0.15, -0.1) is 0 Å². The highest BCUT2D eigenvalue weighted by molar-refractivity contribution is 8.44. The van der Waals surface area contributed by atoms with E-state index in [1.54, 1.807) is 4.57 Å². The molecule has 0 radical (unpaired) electrons. The average molecular weight is 709 g/mol. The zero-order chi connectivity index (χ0) is 31.0. The molecule has 3 aliphatic rings. The van der Waals surface area contributed by atoms with Gasteiger partial charge in [-0.2, -0.15) is 9.97 Å². The van der Waals surface area contributed by atoms with Crippen LogP contribution < -0.4 is 11.5 Å². The molecule has 19 nitrogen and oxygen atoms in total. The van der Waals surface area contributed by atoms with Crippen molar-refractivity contribution in [1.82, 2.24) is 39.0 Å². The van der Waals surface area contributed by atoms with Crippen molar-refractivity contribution in [3.8, 4) is 0 Å². The third kappa shape index (κ3) is 5.58. The largest absolute Gasteiger partial charge is 0.387 e. The quantitative estimate of drug-likeness (QED) is 0.113. The van der Waals surface area contributed by atoms with E-state index >= 15 is 0 Å². The molecule has 7 heterocycles. The zero-order valence-electron chi connectivity index (χ0n) is 22.0. The molecule has 3 fully saturated rings. The minimum Gasteiger partial charge on any atom is -0.387 e. The number of aromatic nitrogens is 8. The van der Waals surface area contributed by atoms with Crippen LogP contribution in [0.5, 0.6) is 0 Å². The molecule has 3 unspecified atom stereocenters. The molecule has 0 spiro atoms. The van der Waals surface area contributed by atoms with Crippen molar-refractivity contribution in [3.63, 3.8) is 0 Å². The van der Waals surface area contributed by atoms with E-state index in [2.05, 4.69) is 54.4 Å². The van der Waals surface area contributed by atoms with Crippen molar-refractivity contribution >= 4 is 83.7 Å². The topological polar surface area (TPSA) is 249 Å². The number of aliphatic hydroxyl groups excluding tert-OH is 1. The van der Waals surface area contributed by atoms with Crippen LogP contribution in [-0.2, 0) is 36.7 Å². The van der Waals surface area contributed by atoms with Crippen LogP contribution in [0.1, 0.15) is 18.9 Å². The van der Waals surface area contributed by atoms with Gasteiger partial charge in [-0.1, -0.05) is 24.5 Å². The standard InChI is InChI=1S/C20H23ClN10O9P2S2/c21-20-28-16(23)12-18(29-20)30(5-26-12)10-1-7-8(37-10)2-35-42(34,44)40-14-13(32)9(3-36-41(33,43)39-7)38-19(14)31-6-27-11-15(22)24-4-25-17(11)31/h4-10,13-14,19,32H,1-3H2,(H,33,43)(H,34,44)(H2,22,24,25)(H2,23,28,29)/t7?,8-,9-,10-,13?,14?,19-,41-,42-/m1/s1. The number of thiol groups is 2. The molecule has 236 valence electrons. The van der Waals surface area contributed by atoms with Gasteiger partial charge in [0.25, 0.3) is 0 Å². The van der Waals surface area contributed by atoms with Crippen LogP contribution in [0, 0.1) is 0 Å². The number of aliphatic hydroxyl groups is 1. The van der Waals surface area contributed by atoms with Crippen LogP contribution >= 0.6 is 49.7 Å². The number of anilines is 2. The van der Waals surface area contributed by atoms with Gasteiger partial charge in [0.1, 0.15) is 54.1 Å². The van der Waals surface area contributed by atoms with E-state index in [1.807, 2.05) is 0 Å². The zero-order valence-corrected chi connectivity index (χ0v) is 26.3. The Hall–Kier alpha value is -2.13. The fraction of sp³-hybridized carbons (Fsp3) is 0.500. The Labute approximate surface area is 262 Å². The molecule has 9 atom stereocenters. The van der Waals surface area contributed by atoms with Gasteiger partial charge in [0.2, 0.25) is 5.28 Å². The number of ether oxygens (including phenoxy) is 2. The Morgan fingerprint density at radius 1 is 0.864 bits per heavy atom. The Morgan fingerprint density at radius 3 is 2.32 bits per heavy atom. The molecule has 7 rings (SSSR count). The number of nitrogen functional groups attached to an aromatic ring is 2. The van der Waals surface area contributed by atoms with Gasteiger partial charge in [0, 0.05) is 6.42 Å². The SMILES string of the molecule is Nc1ncnc2c1ncn2[C@@H]1O[C@@H]2CO[P@@](=O)(S)OC3C[C@H](n4cnc5c(N)nc(Cl)nc54)O[C@@H]3CO[P@@](=O)(S)OC1C2O. The van der Waals surface area contributed by atoms with Crippen molar-refractivity contribution in [2.75, 3.05) is 24.7 Å². The summed E-state index contributed by atoms with van der Waals surface area (Å²) in [4.78, 5) is 24.6. The second kappa shape index (κ2) is 11.3. The minimum absolute atomic E-state index is 0.0669. The van der Waals surface area contributed by atoms with Gasteiger partial charge in [0.15, 0.2) is 29.2 Å². The third-order valence-corrected chi connectivity index (χ3v) is 10.6. The number of rotatable bonds is 2. The van der Waals surface area contributed by atoms with Crippen molar-refractivity contribution in [2.45, 2.75) is 49.4 Å². The van der Waals surface area contributed by atoms with Gasteiger partial charge in [-0.25, -0.2) is 29.1 Å². The number of halogens is 1. The lowest BCUT2D eigenvalue weighted by Gasteiger charge is -2.26. The molecule has 4 aromatic heterocycles. The smallest absolute Gasteiger partial charge is 0.386 e. The van der Waals surface area contributed by atoms with E-state index in [0.29, 0.717) is 0 Å². The summed E-state index contributed by atoms with van der Waals surface area (Å²) in [6.45, 7) is -9.21. The van der Waals surface area contributed by atoms with Crippen LogP contribution in [0.2, 0.25) is 5.28 Å². The van der Waals surface area contributed by atoms with Gasteiger partial charge in [-0.05, 0) is 11.6 Å². The first-order chi connectivity index (χ1) is 20.9. The molecule has 0 aromatic carbocycles. The molecule has 4 aromatic rings. The third-order valence-electron chi connectivity index (χ3n) is 7.21. The van der Waals surface area contributed by atoms with E-state index in [0.717, 1.165) is 0 Å². The van der Waals surface area contributed by atoms with Gasteiger partial charge in [-0.3, -0.25) is 27.2 Å². The lowest BCUT2D eigenvalue weighted by molar-refractivity contribution is -0.0565. The van der Waals surface area contributed by atoms with Crippen LogP contribution in [0.3, 0.4) is 0 Å². The van der Waals surface area contributed by atoms with E-state index in [1.165, 1.54) is 23.5 Å². The Morgan fingerprint density at radius 2 is 1.55 bits per heavy atom. The molecule has 0 amide bonds. The summed E-state index contributed by atoms with van der Waals surface area (Å²) in [6.07, 6.45) is -3.79. The summed E-state index contributed by atoms with van der Waals surface area (Å²) in [7, 11) is 0. The minimum atomic E-state index is -4.23. The molecular formula is C20H23ClN10O9P2S2. The molecule has 44 heavy (non-hydrogen) atoms. The second-order valence-electron chi connectivity index (χ2n) is 9.95. The lowest BCUT2D eigenvalue weighted by atomic mass is 10.1. The van der Waals surface area contributed by atoms with Crippen LogP contribution in [-0.4, -0.2) is 87.9 Å². The normalized spacial score (nSPS) is 36.6. The summed E-state index contributed by atoms with van der Waals surface area (Å²) in [5, 5.41) is 11.0. The molecule has 2 bridgehead atoms. The predicted octanol–water partition coefficient (Wildman–Crippen LogP) is 1.92. The summed E-state index contributed by atoms with van der Waals surface area (Å²) in [5.41, 5.74) is 12.9. The first-order valence-corrected chi connectivity index (χ1v) is 18.5. The maximum atomic E-state index is 13.5. The van der Waals surface area contributed by atoms with E-state index in [4.69, 9.17) is 50.6 Å². The van der Waals surface area contributed by atoms with Crippen molar-refractivity contribution in [1.29, 1.82) is 0 Å². The van der Waals surface area contributed by atoms with Crippen LogP contribution in [0.4, 0.5) is 11.6 Å². The maximum absolute atomic E-state index is 13.5. The first kappa shape index (κ1) is 30.5. The van der Waals surface area contributed by atoms with Crippen molar-refractivity contribution in [2.24, 2.45) is 0 Å². The fourth-order valence-electron chi connectivity index (χ4n) is 5.22. The van der Waals surface area contributed by atoms with Gasteiger partial charge < -0.3 is 26.0 Å². The average Bonchev–Trinajstić information content (AvgIpc) is 3.72. The lowest BCUT2D eigenvalue weighted by Crippen LogP contribution is -2.35. The monoisotopic (exact) mass is 708 g/mol. The predicted molar refractivity (Wildman–Crippen MR) is 158 cm³/mol. The van der Waals surface area contributed by atoms with Crippen LogP contribution in [0.15, 0.2) is 19.0 Å². The Balaban J connectivity index is 1.18. The number of nitrogens with zero attached hydrogens (tertiary/aromatic N) is 8. The number of fused-ring (bicyclic) bond motifs is 5.